The summed E-state index contributed by atoms with van der Waals surface area (Å²) in [7, 11) is 3.27. The molecule has 12 heteroatoms. The molecular formula is C24H32CuN6O3S2. The van der Waals surface area contributed by atoms with E-state index in [1.807, 2.05) is 55.5 Å². The summed E-state index contributed by atoms with van der Waals surface area (Å²) in [4.78, 5) is 8.69. The first-order valence-corrected chi connectivity index (χ1v) is 11.9. The van der Waals surface area contributed by atoms with Gasteiger partial charge in [0.05, 0.1) is 33.4 Å². The minimum Gasteiger partial charge on any atom is -0.742 e. The minimum absolute atomic E-state index is 0. The first-order valence-electron chi connectivity index (χ1n) is 11.1. The Balaban J connectivity index is 0.00000648. The summed E-state index contributed by atoms with van der Waals surface area (Å²) < 4.78 is 15.8. The van der Waals surface area contributed by atoms with Crippen LogP contribution in [0.1, 0.15) is 24.5 Å². The standard InChI is InChI=1S/C24H34N6O3S2.Cu/c1-4-33-14-13-20(28-30-24(35)26-16-19-7-11-22(32-3)12-8-19)17-27-29-23(34)25-15-18-5-9-21(31-2)10-6-18;/h5-12,17,20,28H,4,13-16H2,1-3H3,(H2,25,29,34)(H2,26,30,35);/q;+2/p-2/b27-17+;. The Hall–Kier alpha value is -2.47. The van der Waals surface area contributed by atoms with Crippen molar-refractivity contribution in [3.63, 3.8) is 0 Å². The van der Waals surface area contributed by atoms with Gasteiger partial charge in [-0.05, 0) is 59.1 Å². The first kappa shape index (κ1) is 31.6. The molecule has 2 aromatic carbocycles. The van der Waals surface area contributed by atoms with Crippen LogP contribution in [0, 0.1) is 0 Å². The molecule has 2 rings (SSSR count). The van der Waals surface area contributed by atoms with Crippen molar-refractivity contribution >= 4 is 41.8 Å². The van der Waals surface area contributed by atoms with Gasteiger partial charge in [0.2, 0.25) is 0 Å². The van der Waals surface area contributed by atoms with Gasteiger partial charge in [0.1, 0.15) is 11.5 Å². The molecule has 9 nitrogen and oxygen atoms in total. The summed E-state index contributed by atoms with van der Waals surface area (Å²) in [6.45, 7) is 4.05. The van der Waals surface area contributed by atoms with E-state index in [0.717, 1.165) is 22.6 Å². The van der Waals surface area contributed by atoms with Crippen LogP contribution in [0.25, 0.3) is 0 Å². The third-order valence-electron chi connectivity index (χ3n) is 4.69. The molecule has 0 aliphatic carbocycles. The van der Waals surface area contributed by atoms with Crippen LogP contribution in [0.4, 0.5) is 0 Å². The second-order valence-electron chi connectivity index (χ2n) is 7.19. The topological polar surface area (TPSA) is 101 Å². The van der Waals surface area contributed by atoms with Gasteiger partial charge in [-0.25, -0.2) is 5.43 Å². The molecule has 0 saturated heterocycles. The molecule has 0 fully saturated rings. The van der Waals surface area contributed by atoms with Crippen molar-refractivity contribution in [2.24, 2.45) is 15.1 Å². The van der Waals surface area contributed by atoms with Crippen LogP contribution in [-0.2, 0) is 60.2 Å². The zero-order chi connectivity index (χ0) is 25.3. The van der Waals surface area contributed by atoms with Gasteiger partial charge in [0.25, 0.3) is 0 Å². The van der Waals surface area contributed by atoms with E-state index in [-0.39, 0.29) is 23.1 Å². The molecule has 2 aromatic rings. The maximum Gasteiger partial charge on any atom is 2.00 e. The van der Waals surface area contributed by atoms with Crippen molar-refractivity contribution in [1.82, 2.24) is 16.3 Å². The Morgan fingerprint density at radius 3 is 1.92 bits per heavy atom. The number of nitrogens with zero attached hydrogens (tertiary/aromatic N) is 3. The van der Waals surface area contributed by atoms with E-state index in [1.165, 1.54) is 0 Å². The average Bonchev–Trinajstić information content (AvgIpc) is 2.89. The molecule has 0 aliphatic heterocycles. The third kappa shape index (κ3) is 13.0. The van der Waals surface area contributed by atoms with Crippen molar-refractivity contribution in [3.8, 4) is 11.5 Å². The van der Waals surface area contributed by atoms with Gasteiger partial charge in [0, 0.05) is 19.4 Å². The summed E-state index contributed by atoms with van der Waals surface area (Å²) in [6.07, 6.45) is 2.36. The van der Waals surface area contributed by atoms with E-state index in [2.05, 4.69) is 31.4 Å². The summed E-state index contributed by atoms with van der Waals surface area (Å²) in [5.74, 6) is 1.60. The van der Waals surface area contributed by atoms with Crippen molar-refractivity contribution in [2.45, 2.75) is 32.5 Å². The maximum absolute atomic E-state index is 5.46. The summed E-state index contributed by atoms with van der Waals surface area (Å²) >= 11 is 10.5. The van der Waals surface area contributed by atoms with Crippen LogP contribution >= 0.6 is 0 Å². The van der Waals surface area contributed by atoms with E-state index < -0.39 is 0 Å². The second kappa shape index (κ2) is 18.7. The largest absolute Gasteiger partial charge is 2.00 e. The molecule has 0 aliphatic rings. The quantitative estimate of drug-likeness (QED) is 0.0784. The summed E-state index contributed by atoms with van der Waals surface area (Å²) in [5, 5.41) is 4.84. The number of benzene rings is 2. The number of ether oxygens (including phenoxy) is 3. The fourth-order valence-electron chi connectivity index (χ4n) is 2.74. The van der Waals surface area contributed by atoms with Crippen LogP contribution < -0.4 is 25.8 Å². The molecular weight excluding hydrogens is 548 g/mol. The Kier molecular flexibility index (Phi) is 16.4. The van der Waals surface area contributed by atoms with Gasteiger partial charge in [-0.15, -0.1) is 0 Å². The fraction of sp³-hybridized carbons (Fsp3) is 0.375. The minimum atomic E-state index is -0.174. The number of amidine groups is 2. The van der Waals surface area contributed by atoms with Crippen molar-refractivity contribution in [3.05, 3.63) is 59.7 Å². The molecule has 0 amide bonds. The number of rotatable bonds is 14. The van der Waals surface area contributed by atoms with E-state index in [1.54, 1.807) is 20.4 Å². The van der Waals surface area contributed by atoms with Gasteiger partial charge < -0.3 is 44.9 Å². The monoisotopic (exact) mass is 579 g/mol. The predicted octanol–water partition coefficient (Wildman–Crippen LogP) is 2.67. The van der Waals surface area contributed by atoms with Crippen LogP contribution in [0.15, 0.2) is 63.6 Å². The molecule has 0 aromatic heterocycles. The normalized spacial score (nSPS) is 12.6. The number of aliphatic imine (C=N–C) groups is 2. The summed E-state index contributed by atoms with van der Waals surface area (Å²) in [5.41, 5.74) is 10.9. The van der Waals surface area contributed by atoms with Gasteiger partial charge in [-0.1, -0.05) is 24.3 Å². The molecule has 199 valence electrons. The average molecular weight is 580 g/mol. The molecule has 0 spiro atoms. The van der Waals surface area contributed by atoms with Crippen LogP contribution in [0.5, 0.6) is 11.5 Å². The smallest absolute Gasteiger partial charge is 0.742 e. The molecule has 0 saturated carbocycles. The molecule has 1 radical (unpaired) electrons. The SMILES string of the molecule is CCOCCC(/C=N/NC([S-])=NCc1ccc(OC)cc1)NNC([S-])=NCc1ccc(OC)cc1.[Cu+2]. The predicted molar refractivity (Wildman–Crippen MR) is 146 cm³/mol. The summed E-state index contributed by atoms with van der Waals surface area (Å²) in [6, 6.07) is 15.2. The second-order valence-corrected chi connectivity index (χ2v) is 7.96. The number of nitrogens with one attached hydrogen (secondary N) is 3. The van der Waals surface area contributed by atoms with Gasteiger partial charge in [-0.2, -0.15) is 5.10 Å². The first-order chi connectivity index (χ1) is 17.0. The molecule has 0 heterocycles. The number of hydrogen-bond donors (Lipinski definition) is 3. The molecule has 36 heavy (non-hydrogen) atoms. The Bertz CT molecular complexity index is 959. The molecule has 0 bridgehead atoms. The fourth-order valence-corrected chi connectivity index (χ4v) is 2.98. The van der Waals surface area contributed by atoms with Gasteiger partial charge >= 0.3 is 17.1 Å². The molecule has 1 unspecified atom stereocenters. The van der Waals surface area contributed by atoms with E-state index in [9.17, 15) is 0 Å². The van der Waals surface area contributed by atoms with Crippen molar-refractivity contribution < 1.29 is 31.3 Å². The van der Waals surface area contributed by atoms with Gasteiger partial charge in [0.15, 0.2) is 0 Å². The van der Waals surface area contributed by atoms with Crippen molar-refractivity contribution in [2.75, 3.05) is 27.4 Å². The van der Waals surface area contributed by atoms with Crippen LogP contribution in [0.3, 0.4) is 0 Å². The van der Waals surface area contributed by atoms with E-state index in [4.69, 9.17) is 39.5 Å². The maximum atomic E-state index is 5.46. The molecule has 3 N–H and O–H groups in total. The zero-order valence-corrected chi connectivity index (χ0v) is 23.1. The van der Waals surface area contributed by atoms with E-state index in [0.29, 0.717) is 43.1 Å². The number of methoxy groups -OCH3 is 2. The third-order valence-corrected chi connectivity index (χ3v) is 5.14. The van der Waals surface area contributed by atoms with Gasteiger partial charge in [-0.3, -0.25) is 15.4 Å². The van der Waals surface area contributed by atoms with Crippen LogP contribution in [-0.4, -0.2) is 50.0 Å². The zero-order valence-electron chi connectivity index (χ0n) is 20.5. The number of hydrazone groups is 1. The Labute approximate surface area is 234 Å². The van der Waals surface area contributed by atoms with E-state index >= 15 is 0 Å². The number of hydrazine groups is 1. The number of hydrogen-bond acceptors (Lipinski definition) is 9. The van der Waals surface area contributed by atoms with Crippen LogP contribution in [0.2, 0.25) is 0 Å². The Morgan fingerprint density at radius 1 is 0.889 bits per heavy atom. The van der Waals surface area contributed by atoms with Crippen molar-refractivity contribution in [1.29, 1.82) is 0 Å². The molecule has 1 atom stereocenters. The Morgan fingerprint density at radius 2 is 1.42 bits per heavy atom.